The van der Waals surface area contributed by atoms with Gasteiger partial charge in [-0.1, -0.05) is 23.7 Å². The summed E-state index contributed by atoms with van der Waals surface area (Å²) < 4.78 is 5.79. The largest absolute Gasteiger partial charge is 0.490 e. The van der Waals surface area contributed by atoms with E-state index in [1.54, 1.807) is 17.2 Å². The Balaban J connectivity index is 1.68. The first-order valence-electron chi connectivity index (χ1n) is 9.01. The molecule has 2 aromatic heterocycles. The molecule has 0 fully saturated rings. The molecule has 3 aromatic rings. The molecule has 0 spiro atoms. The van der Waals surface area contributed by atoms with Crippen LogP contribution in [0, 0.1) is 6.92 Å². The lowest BCUT2D eigenvalue weighted by atomic mass is 10.1. The molecule has 1 aliphatic heterocycles. The highest BCUT2D eigenvalue weighted by atomic mass is 35.5. The third-order valence-electron chi connectivity index (χ3n) is 4.39. The number of pyridine rings is 2. The molecule has 0 atom stereocenters. The van der Waals surface area contributed by atoms with Gasteiger partial charge in [-0.15, -0.1) is 0 Å². The highest BCUT2D eigenvalue weighted by Gasteiger charge is 2.24. The fourth-order valence-electron chi connectivity index (χ4n) is 3.07. The Morgan fingerprint density at radius 3 is 2.93 bits per heavy atom. The number of anilines is 2. The molecule has 7 heteroatoms. The lowest BCUT2D eigenvalue weighted by molar-refractivity contribution is 0.256. The number of urea groups is 1. The van der Waals surface area contributed by atoms with Crippen molar-refractivity contribution in [3.63, 3.8) is 0 Å². The van der Waals surface area contributed by atoms with Gasteiger partial charge in [-0.2, -0.15) is 0 Å². The fraction of sp³-hybridized carbons (Fsp3) is 0.190. The van der Waals surface area contributed by atoms with E-state index in [4.69, 9.17) is 21.3 Å². The third-order valence-corrected chi connectivity index (χ3v) is 4.63. The maximum Gasteiger partial charge on any atom is 0.327 e. The van der Waals surface area contributed by atoms with Crippen molar-refractivity contribution >= 4 is 29.1 Å². The topological polar surface area (TPSA) is 67.4 Å². The smallest absolute Gasteiger partial charge is 0.327 e. The molecule has 1 aromatic carbocycles. The van der Waals surface area contributed by atoms with E-state index in [0.29, 0.717) is 41.8 Å². The van der Waals surface area contributed by atoms with Crippen LogP contribution in [0.2, 0.25) is 5.02 Å². The number of fused-ring (bicyclic) bond motifs is 1. The first-order chi connectivity index (χ1) is 13.6. The summed E-state index contributed by atoms with van der Waals surface area (Å²) in [6, 6.07) is 14.5. The van der Waals surface area contributed by atoms with E-state index in [9.17, 15) is 4.79 Å². The number of halogens is 1. The van der Waals surface area contributed by atoms with Crippen molar-refractivity contribution < 1.29 is 9.53 Å². The van der Waals surface area contributed by atoms with Gasteiger partial charge in [-0.05, 0) is 49.7 Å². The summed E-state index contributed by atoms with van der Waals surface area (Å²) in [7, 11) is 0. The van der Waals surface area contributed by atoms with Crippen molar-refractivity contribution in [3.8, 4) is 17.0 Å². The van der Waals surface area contributed by atoms with Crippen LogP contribution in [-0.4, -0.2) is 29.2 Å². The SMILES string of the molecule is Cc1cc(NC(=O)N2CCCOc3ccc(-c4cccc(Cl)c4)nc32)ccn1. The fourth-order valence-corrected chi connectivity index (χ4v) is 3.26. The Hall–Kier alpha value is -3.12. The number of nitrogens with zero attached hydrogens (tertiary/aromatic N) is 3. The van der Waals surface area contributed by atoms with E-state index in [2.05, 4.69) is 10.3 Å². The van der Waals surface area contributed by atoms with Crippen molar-refractivity contribution in [1.82, 2.24) is 9.97 Å². The van der Waals surface area contributed by atoms with Crippen molar-refractivity contribution in [2.24, 2.45) is 0 Å². The summed E-state index contributed by atoms with van der Waals surface area (Å²) in [6.45, 7) is 2.92. The molecule has 0 aliphatic carbocycles. The second kappa shape index (κ2) is 7.86. The number of hydrogen-bond donors (Lipinski definition) is 1. The number of carbonyl (C=O) groups excluding carboxylic acids is 1. The summed E-state index contributed by atoms with van der Waals surface area (Å²) >= 11 is 6.11. The highest BCUT2D eigenvalue weighted by Crippen LogP contribution is 2.33. The zero-order chi connectivity index (χ0) is 19.5. The van der Waals surface area contributed by atoms with Crippen LogP contribution in [0.15, 0.2) is 54.7 Å². The molecule has 3 heterocycles. The number of amides is 2. The van der Waals surface area contributed by atoms with Crippen LogP contribution < -0.4 is 15.0 Å². The second-order valence-electron chi connectivity index (χ2n) is 6.50. The molecule has 142 valence electrons. The van der Waals surface area contributed by atoms with Crippen LogP contribution in [0.3, 0.4) is 0 Å². The van der Waals surface area contributed by atoms with Gasteiger partial charge in [-0.3, -0.25) is 9.88 Å². The number of carbonyl (C=O) groups is 1. The van der Waals surface area contributed by atoms with E-state index in [1.807, 2.05) is 49.4 Å². The Morgan fingerprint density at radius 2 is 2.11 bits per heavy atom. The number of rotatable bonds is 2. The van der Waals surface area contributed by atoms with E-state index >= 15 is 0 Å². The Labute approximate surface area is 168 Å². The minimum Gasteiger partial charge on any atom is -0.490 e. The predicted molar refractivity (Wildman–Crippen MR) is 110 cm³/mol. The standard InChI is InChI=1S/C21H19ClN4O2/c1-14-12-17(8-9-23-14)24-21(27)26-10-3-11-28-19-7-6-18(25-20(19)26)15-4-2-5-16(22)13-15/h2,4-9,12-13H,3,10-11H2,1H3,(H,23,24,27). The molecular formula is C21H19ClN4O2. The average molecular weight is 395 g/mol. The predicted octanol–water partition coefficient (Wildman–Crippen LogP) is 4.93. The normalized spacial score (nSPS) is 13.3. The minimum atomic E-state index is -0.256. The van der Waals surface area contributed by atoms with Gasteiger partial charge in [0.15, 0.2) is 11.6 Å². The lowest BCUT2D eigenvalue weighted by Gasteiger charge is -2.22. The summed E-state index contributed by atoms with van der Waals surface area (Å²) in [5.41, 5.74) is 3.13. The van der Waals surface area contributed by atoms with Gasteiger partial charge in [0.2, 0.25) is 0 Å². The third kappa shape index (κ3) is 3.92. The van der Waals surface area contributed by atoms with Crippen LogP contribution in [-0.2, 0) is 0 Å². The van der Waals surface area contributed by atoms with E-state index in [0.717, 1.165) is 17.0 Å². The molecule has 6 nitrogen and oxygen atoms in total. The van der Waals surface area contributed by atoms with Gasteiger partial charge in [0.05, 0.1) is 12.3 Å². The molecule has 0 saturated carbocycles. The number of hydrogen-bond acceptors (Lipinski definition) is 4. The summed E-state index contributed by atoms with van der Waals surface area (Å²) in [4.78, 5) is 23.5. The molecule has 0 saturated heterocycles. The number of nitrogens with one attached hydrogen (secondary N) is 1. The number of benzene rings is 1. The van der Waals surface area contributed by atoms with Crippen molar-refractivity contribution in [3.05, 3.63) is 65.4 Å². The van der Waals surface area contributed by atoms with Gasteiger partial charge < -0.3 is 10.1 Å². The molecule has 1 N–H and O–H groups in total. The average Bonchev–Trinajstić information content (AvgIpc) is 2.90. The summed E-state index contributed by atoms with van der Waals surface area (Å²) in [6.07, 6.45) is 2.38. The molecular weight excluding hydrogens is 376 g/mol. The second-order valence-corrected chi connectivity index (χ2v) is 6.93. The minimum absolute atomic E-state index is 0.256. The van der Waals surface area contributed by atoms with Crippen molar-refractivity contribution in [2.75, 3.05) is 23.4 Å². The zero-order valence-corrected chi connectivity index (χ0v) is 16.1. The van der Waals surface area contributed by atoms with Gasteiger partial charge in [-0.25, -0.2) is 9.78 Å². The molecule has 0 radical (unpaired) electrons. The lowest BCUT2D eigenvalue weighted by Crippen LogP contribution is -2.36. The molecule has 1 aliphatic rings. The Bertz CT molecular complexity index is 1020. The highest BCUT2D eigenvalue weighted by molar-refractivity contribution is 6.30. The first-order valence-corrected chi connectivity index (χ1v) is 9.39. The monoisotopic (exact) mass is 394 g/mol. The van der Waals surface area contributed by atoms with Gasteiger partial charge in [0.25, 0.3) is 0 Å². The van der Waals surface area contributed by atoms with Crippen LogP contribution in [0.1, 0.15) is 12.1 Å². The van der Waals surface area contributed by atoms with Crippen LogP contribution in [0.25, 0.3) is 11.3 Å². The van der Waals surface area contributed by atoms with Gasteiger partial charge >= 0.3 is 6.03 Å². The maximum atomic E-state index is 13.0. The number of aryl methyl sites for hydroxylation is 1. The van der Waals surface area contributed by atoms with Crippen LogP contribution >= 0.6 is 11.6 Å². The number of aromatic nitrogens is 2. The molecule has 28 heavy (non-hydrogen) atoms. The number of ether oxygens (including phenoxy) is 1. The quantitative estimate of drug-likeness (QED) is 0.669. The van der Waals surface area contributed by atoms with Crippen LogP contribution in [0.4, 0.5) is 16.3 Å². The zero-order valence-electron chi connectivity index (χ0n) is 15.4. The van der Waals surface area contributed by atoms with Crippen molar-refractivity contribution in [1.29, 1.82) is 0 Å². The Kier molecular flexibility index (Phi) is 5.12. The molecule has 4 rings (SSSR count). The summed E-state index contributed by atoms with van der Waals surface area (Å²) in [5.74, 6) is 1.09. The molecule has 0 unspecified atom stereocenters. The first kappa shape index (κ1) is 18.3. The van der Waals surface area contributed by atoms with E-state index < -0.39 is 0 Å². The molecule has 2 amide bonds. The van der Waals surface area contributed by atoms with E-state index in [-0.39, 0.29) is 6.03 Å². The molecule has 0 bridgehead atoms. The Morgan fingerprint density at radius 1 is 1.21 bits per heavy atom. The van der Waals surface area contributed by atoms with Gasteiger partial charge in [0.1, 0.15) is 0 Å². The van der Waals surface area contributed by atoms with Gasteiger partial charge in [0, 0.05) is 34.7 Å². The van der Waals surface area contributed by atoms with E-state index in [1.165, 1.54) is 0 Å². The van der Waals surface area contributed by atoms with Crippen LogP contribution in [0.5, 0.6) is 5.75 Å². The maximum absolute atomic E-state index is 13.0. The van der Waals surface area contributed by atoms with Crippen molar-refractivity contribution in [2.45, 2.75) is 13.3 Å². The summed E-state index contributed by atoms with van der Waals surface area (Å²) in [5, 5.41) is 3.55.